The summed E-state index contributed by atoms with van der Waals surface area (Å²) in [7, 11) is 1.93. The van der Waals surface area contributed by atoms with Crippen LogP contribution in [0, 0.1) is 0 Å². The van der Waals surface area contributed by atoms with E-state index in [9.17, 15) is 0 Å². The number of rotatable bonds is 2. The Hall–Kier alpha value is -0.720. The fourth-order valence-corrected chi connectivity index (χ4v) is 0.611. The lowest BCUT2D eigenvalue weighted by atomic mass is 10.2. The summed E-state index contributed by atoms with van der Waals surface area (Å²) in [5.41, 5.74) is 2.49. The SMILES string of the molecule is C/C=C(/C=C(C)C)NC. The van der Waals surface area contributed by atoms with Gasteiger partial charge in [-0.1, -0.05) is 11.6 Å². The van der Waals surface area contributed by atoms with Crippen LogP contribution in [0.5, 0.6) is 0 Å². The molecule has 0 spiro atoms. The van der Waals surface area contributed by atoms with Gasteiger partial charge in [0, 0.05) is 12.7 Å². The largest absolute Gasteiger partial charge is 0.388 e. The zero-order valence-electron chi connectivity index (χ0n) is 6.65. The van der Waals surface area contributed by atoms with E-state index in [-0.39, 0.29) is 0 Å². The fraction of sp³-hybridized carbons (Fsp3) is 0.500. The van der Waals surface area contributed by atoms with Crippen LogP contribution in [0.1, 0.15) is 20.8 Å². The smallest absolute Gasteiger partial charge is 0.0293 e. The summed E-state index contributed by atoms with van der Waals surface area (Å²) in [4.78, 5) is 0. The van der Waals surface area contributed by atoms with Crippen molar-refractivity contribution < 1.29 is 0 Å². The average molecular weight is 125 g/mol. The van der Waals surface area contributed by atoms with Gasteiger partial charge in [-0.2, -0.15) is 0 Å². The fourth-order valence-electron chi connectivity index (χ4n) is 0.611. The molecular weight excluding hydrogens is 110 g/mol. The molecule has 0 unspecified atom stereocenters. The molecule has 0 aliphatic heterocycles. The number of allylic oxidation sites excluding steroid dienone is 3. The zero-order valence-corrected chi connectivity index (χ0v) is 6.65. The van der Waals surface area contributed by atoms with Crippen LogP contribution < -0.4 is 5.32 Å². The second-order valence-corrected chi connectivity index (χ2v) is 2.22. The second-order valence-electron chi connectivity index (χ2n) is 2.22. The normalized spacial score (nSPS) is 10.9. The van der Waals surface area contributed by atoms with Crippen molar-refractivity contribution in [3.05, 3.63) is 23.4 Å². The van der Waals surface area contributed by atoms with Gasteiger partial charge in [-0.3, -0.25) is 0 Å². The topological polar surface area (TPSA) is 12.0 Å². The Morgan fingerprint density at radius 1 is 1.33 bits per heavy atom. The van der Waals surface area contributed by atoms with Crippen molar-refractivity contribution in [3.63, 3.8) is 0 Å². The molecule has 0 aromatic rings. The Kier molecular flexibility index (Phi) is 3.85. The molecule has 52 valence electrons. The minimum absolute atomic E-state index is 1.18. The van der Waals surface area contributed by atoms with Crippen LogP contribution in [-0.4, -0.2) is 7.05 Å². The molecular formula is C8H15N. The lowest BCUT2D eigenvalue weighted by molar-refractivity contribution is 1.02. The van der Waals surface area contributed by atoms with Crippen LogP contribution in [0.4, 0.5) is 0 Å². The zero-order chi connectivity index (χ0) is 7.28. The maximum Gasteiger partial charge on any atom is 0.0293 e. The Balaban J connectivity index is 4.01. The number of likely N-dealkylation sites (N-methyl/N-ethyl adjacent to an activating group) is 1. The van der Waals surface area contributed by atoms with Gasteiger partial charge >= 0.3 is 0 Å². The monoisotopic (exact) mass is 125 g/mol. The van der Waals surface area contributed by atoms with E-state index in [1.807, 2.05) is 20.0 Å². The third-order valence-corrected chi connectivity index (χ3v) is 1.04. The van der Waals surface area contributed by atoms with Crippen molar-refractivity contribution in [2.24, 2.45) is 0 Å². The van der Waals surface area contributed by atoms with Crippen LogP contribution in [0.25, 0.3) is 0 Å². The minimum Gasteiger partial charge on any atom is -0.388 e. The van der Waals surface area contributed by atoms with Crippen molar-refractivity contribution in [2.45, 2.75) is 20.8 Å². The molecule has 0 heterocycles. The first-order valence-corrected chi connectivity index (χ1v) is 3.19. The van der Waals surface area contributed by atoms with E-state index in [1.54, 1.807) is 0 Å². The van der Waals surface area contributed by atoms with E-state index >= 15 is 0 Å². The molecule has 1 N–H and O–H groups in total. The summed E-state index contributed by atoms with van der Waals surface area (Å²) in [6.07, 6.45) is 4.16. The predicted octanol–water partition coefficient (Wildman–Crippen LogP) is 2.08. The minimum atomic E-state index is 1.18. The average Bonchev–Trinajstić information content (AvgIpc) is 1.82. The van der Waals surface area contributed by atoms with E-state index in [1.165, 1.54) is 11.3 Å². The van der Waals surface area contributed by atoms with E-state index < -0.39 is 0 Å². The third-order valence-electron chi connectivity index (χ3n) is 1.04. The third kappa shape index (κ3) is 3.83. The molecule has 0 bridgehead atoms. The molecule has 0 saturated heterocycles. The van der Waals surface area contributed by atoms with Gasteiger partial charge in [0.15, 0.2) is 0 Å². The van der Waals surface area contributed by atoms with Crippen LogP contribution in [0.15, 0.2) is 23.4 Å². The van der Waals surface area contributed by atoms with Crippen LogP contribution >= 0.6 is 0 Å². The van der Waals surface area contributed by atoms with Crippen molar-refractivity contribution in [1.82, 2.24) is 5.32 Å². The summed E-state index contributed by atoms with van der Waals surface area (Å²) in [6, 6.07) is 0. The summed E-state index contributed by atoms with van der Waals surface area (Å²) in [5, 5.41) is 3.07. The molecule has 0 rings (SSSR count). The highest BCUT2D eigenvalue weighted by molar-refractivity contribution is 5.18. The first kappa shape index (κ1) is 8.28. The first-order chi connectivity index (χ1) is 4.20. The van der Waals surface area contributed by atoms with Crippen molar-refractivity contribution in [2.75, 3.05) is 7.05 Å². The molecule has 0 amide bonds. The number of hydrogen-bond acceptors (Lipinski definition) is 1. The molecule has 1 heteroatoms. The van der Waals surface area contributed by atoms with E-state index in [0.717, 1.165) is 0 Å². The van der Waals surface area contributed by atoms with Crippen molar-refractivity contribution in [1.29, 1.82) is 0 Å². The summed E-state index contributed by atoms with van der Waals surface area (Å²) >= 11 is 0. The maximum atomic E-state index is 3.07. The van der Waals surface area contributed by atoms with E-state index in [2.05, 4.69) is 25.2 Å². The van der Waals surface area contributed by atoms with Gasteiger partial charge in [-0.25, -0.2) is 0 Å². The predicted molar refractivity (Wildman–Crippen MR) is 42.2 cm³/mol. The van der Waals surface area contributed by atoms with Gasteiger partial charge in [0.25, 0.3) is 0 Å². The molecule has 0 radical (unpaired) electrons. The van der Waals surface area contributed by atoms with Gasteiger partial charge in [-0.15, -0.1) is 0 Å². The molecule has 0 aromatic heterocycles. The number of hydrogen-bond donors (Lipinski definition) is 1. The molecule has 0 saturated carbocycles. The maximum absolute atomic E-state index is 3.07. The molecule has 0 aliphatic rings. The molecule has 0 atom stereocenters. The van der Waals surface area contributed by atoms with Crippen LogP contribution in [0.2, 0.25) is 0 Å². The molecule has 0 aromatic carbocycles. The van der Waals surface area contributed by atoms with Crippen LogP contribution in [0.3, 0.4) is 0 Å². The lowest BCUT2D eigenvalue weighted by Crippen LogP contribution is -2.02. The molecule has 9 heavy (non-hydrogen) atoms. The standard InChI is InChI=1S/C8H15N/c1-5-8(9-4)6-7(2)3/h5-6,9H,1-4H3/b8-5-. The van der Waals surface area contributed by atoms with Gasteiger partial charge in [0.05, 0.1) is 0 Å². The van der Waals surface area contributed by atoms with Crippen LogP contribution in [-0.2, 0) is 0 Å². The molecule has 1 nitrogen and oxygen atoms in total. The molecule has 0 aliphatic carbocycles. The lowest BCUT2D eigenvalue weighted by Gasteiger charge is -1.98. The highest BCUT2D eigenvalue weighted by Gasteiger charge is 1.82. The van der Waals surface area contributed by atoms with Gasteiger partial charge in [0.2, 0.25) is 0 Å². The quantitative estimate of drug-likeness (QED) is 0.557. The van der Waals surface area contributed by atoms with Gasteiger partial charge < -0.3 is 5.32 Å². The Bertz CT molecular complexity index is 128. The summed E-state index contributed by atoms with van der Waals surface area (Å²) < 4.78 is 0. The second kappa shape index (κ2) is 4.19. The van der Waals surface area contributed by atoms with E-state index in [4.69, 9.17) is 0 Å². The van der Waals surface area contributed by atoms with E-state index in [0.29, 0.717) is 0 Å². The first-order valence-electron chi connectivity index (χ1n) is 3.19. The highest BCUT2D eigenvalue weighted by Crippen LogP contribution is 1.95. The number of nitrogens with one attached hydrogen (secondary N) is 1. The highest BCUT2D eigenvalue weighted by atomic mass is 14.8. The van der Waals surface area contributed by atoms with Crippen molar-refractivity contribution >= 4 is 0 Å². The Morgan fingerprint density at radius 3 is 2.00 bits per heavy atom. The molecule has 0 fully saturated rings. The summed E-state index contributed by atoms with van der Waals surface area (Å²) in [6.45, 7) is 6.19. The van der Waals surface area contributed by atoms with Gasteiger partial charge in [0.1, 0.15) is 0 Å². The Labute approximate surface area is 57.5 Å². The van der Waals surface area contributed by atoms with Gasteiger partial charge in [-0.05, 0) is 26.8 Å². The van der Waals surface area contributed by atoms with Crippen molar-refractivity contribution in [3.8, 4) is 0 Å². The Morgan fingerprint density at radius 2 is 1.89 bits per heavy atom. The summed E-state index contributed by atoms with van der Waals surface area (Å²) in [5.74, 6) is 0.